The lowest BCUT2D eigenvalue weighted by atomic mass is 9.84. The fraction of sp³-hybridized carbons (Fsp3) is 0.538. The first-order chi connectivity index (χ1) is 8.56. The van der Waals surface area contributed by atoms with Crippen LogP contribution in [0.25, 0.3) is 0 Å². The number of rotatable bonds is 6. The summed E-state index contributed by atoms with van der Waals surface area (Å²) < 4.78 is 20.2. The molecule has 0 saturated heterocycles. The fourth-order valence-electron chi connectivity index (χ4n) is 2.33. The summed E-state index contributed by atoms with van der Waals surface area (Å²) >= 11 is 3.19. The molecule has 102 valence electrons. The highest BCUT2D eigenvalue weighted by Crippen LogP contribution is 2.36. The van der Waals surface area contributed by atoms with Gasteiger partial charge in [0.2, 0.25) is 0 Å². The van der Waals surface area contributed by atoms with Gasteiger partial charge in [-0.15, -0.1) is 0 Å². The van der Waals surface area contributed by atoms with Gasteiger partial charge in [0.1, 0.15) is 5.82 Å². The van der Waals surface area contributed by atoms with Crippen molar-refractivity contribution in [1.29, 1.82) is 0 Å². The van der Waals surface area contributed by atoms with Gasteiger partial charge >= 0.3 is 0 Å². The average molecular weight is 319 g/mol. The van der Waals surface area contributed by atoms with E-state index in [4.69, 9.17) is 10.6 Å². The minimum absolute atomic E-state index is 0.302. The van der Waals surface area contributed by atoms with Crippen LogP contribution < -0.4 is 11.3 Å². The highest BCUT2D eigenvalue weighted by atomic mass is 79.9. The molecule has 1 atom stereocenters. The Kier molecular flexibility index (Phi) is 5.72. The van der Waals surface area contributed by atoms with E-state index in [0.29, 0.717) is 10.0 Å². The Morgan fingerprint density at radius 2 is 2.06 bits per heavy atom. The van der Waals surface area contributed by atoms with Crippen LogP contribution in [0.15, 0.2) is 22.7 Å². The third-order valence-electron chi connectivity index (χ3n) is 3.59. The van der Waals surface area contributed by atoms with Crippen LogP contribution in [0.2, 0.25) is 0 Å². The van der Waals surface area contributed by atoms with E-state index in [1.54, 1.807) is 25.3 Å². The summed E-state index contributed by atoms with van der Waals surface area (Å²) in [5, 5.41) is 0. The van der Waals surface area contributed by atoms with Gasteiger partial charge in [-0.2, -0.15) is 0 Å². The molecule has 5 heteroatoms. The largest absolute Gasteiger partial charge is 0.376 e. The van der Waals surface area contributed by atoms with Crippen LogP contribution in [0, 0.1) is 5.82 Å². The number of ether oxygens (including phenoxy) is 1. The smallest absolute Gasteiger partial charge is 0.142 e. The van der Waals surface area contributed by atoms with Crippen molar-refractivity contribution in [3.8, 4) is 0 Å². The molecule has 1 aromatic carbocycles. The van der Waals surface area contributed by atoms with E-state index in [0.717, 1.165) is 12.8 Å². The van der Waals surface area contributed by atoms with Gasteiger partial charge < -0.3 is 4.74 Å². The quantitative estimate of drug-likeness (QED) is 0.625. The molecule has 0 aliphatic rings. The van der Waals surface area contributed by atoms with Crippen LogP contribution >= 0.6 is 15.9 Å². The molecule has 0 fully saturated rings. The topological polar surface area (TPSA) is 47.3 Å². The van der Waals surface area contributed by atoms with Gasteiger partial charge in [0.05, 0.1) is 16.1 Å². The summed E-state index contributed by atoms with van der Waals surface area (Å²) in [6, 6.07) is 4.79. The normalized spacial score (nSPS) is 13.7. The summed E-state index contributed by atoms with van der Waals surface area (Å²) in [6.07, 6.45) is 1.47. The predicted octanol–water partition coefficient (Wildman–Crippen LogP) is 3.30. The fourth-order valence-corrected chi connectivity index (χ4v) is 2.71. The number of nitrogens with two attached hydrogens (primary N) is 1. The van der Waals surface area contributed by atoms with Crippen LogP contribution in [-0.2, 0) is 4.74 Å². The van der Waals surface area contributed by atoms with Crippen LogP contribution in [0.4, 0.5) is 4.39 Å². The van der Waals surface area contributed by atoms with Gasteiger partial charge in [0.15, 0.2) is 0 Å². The monoisotopic (exact) mass is 318 g/mol. The van der Waals surface area contributed by atoms with Crippen molar-refractivity contribution in [3.63, 3.8) is 0 Å². The van der Waals surface area contributed by atoms with E-state index in [-0.39, 0.29) is 5.82 Å². The molecule has 0 radical (unpaired) electrons. The minimum Gasteiger partial charge on any atom is -0.376 e. The maximum atomic E-state index is 14.2. The van der Waals surface area contributed by atoms with Crippen molar-refractivity contribution < 1.29 is 9.13 Å². The molecule has 1 rings (SSSR count). The first-order valence-corrected chi connectivity index (χ1v) is 6.80. The number of hydrogen-bond donors (Lipinski definition) is 2. The van der Waals surface area contributed by atoms with E-state index in [2.05, 4.69) is 21.4 Å². The van der Waals surface area contributed by atoms with Gasteiger partial charge in [-0.05, 0) is 34.8 Å². The lowest BCUT2D eigenvalue weighted by Gasteiger charge is -2.38. The third-order valence-corrected chi connectivity index (χ3v) is 4.20. The maximum absolute atomic E-state index is 14.2. The van der Waals surface area contributed by atoms with Crippen molar-refractivity contribution in [2.45, 2.75) is 38.3 Å². The van der Waals surface area contributed by atoms with Gasteiger partial charge in [0.25, 0.3) is 0 Å². The molecule has 0 aliphatic carbocycles. The second kappa shape index (κ2) is 6.61. The summed E-state index contributed by atoms with van der Waals surface area (Å²) in [6.45, 7) is 4.01. The number of hydrogen-bond acceptors (Lipinski definition) is 3. The van der Waals surface area contributed by atoms with Gasteiger partial charge in [-0.3, -0.25) is 5.84 Å². The maximum Gasteiger partial charge on any atom is 0.142 e. The van der Waals surface area contributed by atoms with Crippen molar-refractivity contribution >= 4 is 15.9 Å². The van der Waals surface area contributed by atoms with Crippen molar-refractivity contribution in [3.05, 3.63) is 34.1 Å². The number of halogens is 2. The van der Waals surface area contributed by atoms with E-state index in [1.807, 2.05) is 13.8 Å². The Balaban J connectivity index is 3.28. The number of methoxy groups -OCH3 is 1. The van der Waals surface area contributed by atoms with Crippen molar-refractivity contribution in [2.75, 3.05) is 7.11 Å². The Hall–Kier alpha value is -0.490. The summed E-state index contributed by atoms with van der Waals surface area (Å²) in [5.74, 6) is 5.32. The van der Waals surface area contributed by atoms with Crippen molar-refractivity contribution in [2.24, 2.45) is 5.84 Å². The van der Waals surface area contributed by atoms with Gasteiger partial charge in [0, 0.05) is 12.7 Å². The zero-order valence-corrected chi connectivity index (χ0v) is 12.6. The lowest BCUT2D eigenvalue weighted by Crippen LogP contribution is -2.47. The van der Waals surface area contributed by atoms with E-state index < -0.39 is 11.6 Å². The molecule has 0 bridgehead atoms. The van der Waals surface area contributed by atoms with Crippen molar-refractivity contribution in [1.82, 2.24) is 5.43 Å². The Morgan fingerprint density at radius 3 is 2.50 bits per heavy atom. The molecule has 0 aliphatic heterocycles. The molecule has 0 amide bonds. The van der Waals surface area contributed by atoms with E-state index in [9.17, 15) is 4.39 Å². The number of hydrazine groups is 1. The Bertz CT molecular complexity index is 388. The lowest BCUT2D eigenvalue weighted by molar-refractivity contribution is -0.0495. The summed E-state index contributed by atoms with van der Waals surface area (Å²) in [5.41, 5.74) is 2.69. The molecule has 0 spiro atoms. The first kappa shape index (κ1) is 15.6. The number of nitrogens with one attached hydrogen (secondary N) is 1. The molecule has 0 heterocycles. The SMILES string of the molecule is CCC(CC)(OC)C(NN)c1cccc(Br)c1F. The average Bonchev–Trinajstić information content (AvgIpc) is 2.40. The highest BCUT2D eigenvalue weighted by molar-refractivity contribution is 9.10. The molecule has 1 unspecified atom stereocenters. The minimum atomic E-state index is -0.517. The molecule has 3 N–H and O–H groups in total. The predicted molar refractivity (Wildman–Crippen MR) is 74.5 cm³/mol. The van der Waals surface area contributed by atoms with Crippen LogP contribution in [0.5, 0.6) is 0 Å². The van der Waals surface area contributed by atoms with Gasteiger partial charge in [-0.25, -0.2) is 9.82 Å². The molecular formula is C13H20BrFN2O. The van der Waals surface area contributed by atoms with Crippen LogP contribution in [0.1, 0.15) is 38.3 Å². The molecule has 18 heavy (non-hydrogen) atoms. The third kappa shape index (κ3) is 2.74. The van der Waals surface area contributed by atoms with Crippen LogP contribution in [0.3, 0.4) is 0 Å². The van der Waals surface area contributed by atoms with E-state index in [1.165, 1.54) is 0 Å². The van der Waals surface area contributed by atoms with E-state index >= 15 is 0 Å². The second-order valence-electron chi connectivity index (χ2n) is 4.22. The highest BCUT2D eigenvalue weighted by Gasteiger charge is 2.38. The standard InChI is InChI=1S/C13H20BrFN2O/c1-4-13(5-2,18-3)12(17-16)9-7-6-8-10(14)11(9)15/h6-8,12,17H,4-5,16H2,1-3H3. The molecule has 0 aromatic heterocycles. The Morgan fingerprint density at radius 1 is 1.44 bits per heavy atom. The first-order valence-electron chi connectivity index (χ1n) is 6.01. The summed E-state index contributed by atoms with van der Waals surface area (Å²) in [4.78, 5) is 0. The zero-order chi connectivity index (χ0) is 13.8. The van der Waals surface area contributed by atoms with Crippen LogP contribution in [-0.4, -0.2) is 12.7 Å². The zero-order valence-electron chi connectivity index (χ0n) is 11.0. The second-order valence-corrected chi connectivity index (χ2v) is 5.07. The molecule has 0 saturated carbocycles. The number of benzene rings is 1. The summed E-state index contributed by atoms with van der Waals surface area (Å²) in [7, 11) is 1.63. The van der Waals surface area contributed by atoms with Gasteiger partial charge in [-0.1, -0.05) is 26.0 Å². The molecular weight excluding hydrogens is 299 g/mol. The Labute approximate surface area is 116 Å². The molecule has 3 nitrogen and oxygen atoms in total. The molecule has 1 aromatic rings.